The van der Waals surface area contributed by atoms with E-state index in [2.05, 4.69) is 102 Å². The largest absolute Gasteiger partial charge is 0.494 e. The van der Waals surface area contributed by atoms with Crippen LogP contribution in [0.15, 0.2) is 163 Å². The van der Waals surface area contributed by atoms with E-state index in [4.69, 9.17) is 28.4 Å². The molecule has 5 atom stereocenters. The summed E-state index contributed by atoms with van der Waals surface area (Å²) in [6.07, 6.45) is 2.14. The van der Waals surface area contributed by atoms with E-state index in [1.54, 1.807) is 26.4 Å². The zero-order valence-corrected chi connectivity index (χ0v) is 40.6. The lowest BCUT2D eigenvalue weighted by atomic mass is 9.78. The number of nitrogens with one attached hydrogen (secondary N) is 1. The van der Waals surface area contributed by atoms with E-state index in [0.29, 0.717) is 57.4 Å². The molecule has 10 nitrogen and oxygen atoms in total. The summed E-state index contributed by atoms with van der Waals surface area (Å²) < 4.78 is 68.3. The quantitative estimate of drug-likeness (QED) is 0.0523. The van der Waals surface area contributed by atoms with E-state index >= 15 is 8.42 Å². The molecule has 8 rings (SSSR count). The number of ether oxygens (including phenoxy) is 6. The summed E-state index contributed by atoms with van der Waals surface area (Å²) in [5, 5.41) is 3.67. The van der Waals surface area contributed by atoms with Crippen LogP contribution in [0.1, 0.15) is 70.9 Å². The monoisotopic (exact) mass is 938 g/mol. The topological polar surface area (TPSA) is 105 Å². The predicted octanol–water partition coefficient (Wildman–Crippen LogP) is 10.3. The van der Waals surface area contributed by atoms with Gasteiger partial charge in [-0.3, -0.25) is 0 Å². The van der Waals surface area contributed by atoms with Gasteiger partial charge in [-0.15, -0.1) is 0 Å². The normalized spacial score (nSPS) is 18.3. The van der Waals surface area contributed by atoms with Crippen LogP contribution in [0.4, 0.5) is 5.69 Å². The number of benzene rings is 6. The Morgan fingerprint density at radius 2 is 1.41 bits per heavy atom. The van der Waals surface area contributed by atoms with Crippen LogP contribution in [-0.4, -0.2) is 87.5 Å². The summed E-state index contributed by atoms with van der Waals surface area (Å²) in [5.74, 6) is 1.02. The molecule has 6 aromatic rings. The van der Waals surface area contributed by atoms with Crippen LogP contribution in [-0.2, 0) is 34.4 Å². The Balaban J connectivity index is 1.19. The van der Waals surface area contributed by atoms with Gasteiger partial charge in [0.25, 0.3) is 0 Å². The van der Waals surface area contributed by atoms with Crippen LogP contribution in [0.5, 0.6) is 11.5 Å². The molecule has 11 heteroatoms. The highest BCUT2D eigenvalue weighted by molar-refractivity contribution is 7.91. The SMILES string of the molecule is COCCCN1CCOc2ccc(C(O[C@H]3CNC[C@@H](COC(c4ccccc4)(c4ccccc4)c4ccccc4)[C@@H]3c3ccc(OCCC[C@@H](C)OC)cc3)S(=O)(=O)c3ccc(C)cc3)cc21. The highest BCUT2D eigenvalue weighted by atomic mass is 32.2. The molecule has 358 valence electrons. The Bertz CT molecular complexity index is 2480. The molecule has 0 amide bonds. The van der Waals surface area contributed by atoms with E-state index < -0.39 is 27.0 Å². The highest BCUT2D eigenvalue weighted by Crippen LogP contribution is 2.45. The van der Waals surface area contributed by atoms with E-state index in [1.165, 1.54) is 0 Å². The van der Waals surface area contributed by atoms with Crippen molar-refractivity contribution < 1.29 is 36.8 Å². The van der Waals surface area contributed by atoms with Gasteiger partial charge in [-0.1, -0.05) is 127 Å². The molecular formula is C57H66N2O8S. The molecule has 0 saturated carbocycles. The van der Waals surface area contributed by atoms with Crippen molar-refractivity contribution in [2.45, 2.75) is 67.2 Å². The van der Waals surface area contributed by atoms with Crippen LogP contribution in [0.2, 0.25) is 0 Å². The number of fused-ring (bicyclic) bond motifs is 1. The van der Waals surface area contributed by atoms with Crippen LogP contribution >= 0.6 is 0 Å². The van der Waals surface area contributed by atoms with Crippen molar-refractivity contribution in [2.24, 2.45) is 5.92 Å². The Morgan fingerprint density at radius 1 is 0.765 bits per heavy atom. The fraction of sp³-hybridized carbons (Fsp3) is 0.368. The van der Waals surface area contributed by atoms with Crippen LogP contribution in [0.25, 0.3) is 0 Å². The van der Waals surface area contributed by atoms with Gasteiger partial charge in [0.2, 0.25) is 9.84 Å². The summed E-state index contributed by atoms with van der Waals surface area (Å²) >= 11 is 0. The average Bonchev–Trinajstić information content (AvgIpc) is 3.38. The van der Waals surface area contributed by atoms with E-state index in [1.807, 2.05) is 67.6 Å². The Labute approximate surface area is 403 Å². The minimum absolute atomic E-state index is 0.162. The lowest BCUT2D eigenvalue weighted by molar-refractivity contribution is -0.0560. The van der Waals surface area contributed by atoms with Crippen molar-refractivity contribution >= 4 is 15.5 Å². The number of piperidine rings is 1. The first-order chi connectivity index (χ1) is 33.2. The number of aryl methyl sites for hydroxylation is 1. The molecule has 0 aromatic heterocycles. The first-order valence-corrected chi connectivity index (χ1v) is 25.5. The molecule has 6 aromatic carbocycles. The maximum absolute atomic E-state index is 15.2. The molecule has 1 fully saturated rings. The summed E-state index contributed by atoms with van der Waals surface area (Å²) in [5.41, 5.74) is 4.05. The smallest absolute Gasteiger partial charge is 0.209 e. The molecule has 0 bridgehead atoms. The number of rotatable bonds is 22. The summed E-state index contributed by atoms with van der Waals surface area (Å²) in [6, 6.07) is 52.0. The maximum atomic E-state index is 15.2. The third-order valence-corrected chi connectivity index (χ3v) is 15.2. The van der Waals surface area contributed by atoms with Crippen molar-refractivity contribution in [3.05, 3.63) is 191 Å². The Kier molecular flexibility index (Phi) is 16.7. The lowest BCUT2D eigenvalue weighted by Gasteiger charge is -2.43. The molecule has 0 aliphatic carbocycles. The number of anilines is 1. The second kappa shape index (κ2) is 23.2. The Hall–Kier alpha value is -5.53. The minimum atomic E-state index is -4.12. The van der Waals surface area contributed by atoms with E-state index in [9.17, 15) is 0 Å². The zero-order valence-electron chi connectivity index (χ0n) is 39.8. The van der Waals surface area contributed by atoms with Crippen molar-refractivity contribution in [1.29, 1.82) is 0 Å². The third kappa shape index (κ3) is 11.3. The molecule has 0 spiro atoms. The summed E-state index contributed by atoms with van der Waals surface area (Å²) in [4.78, 5) is 2.44. The number of hydrogen-bond acceptors (Lipinski definition) is 10. The van der Waals surface area contributed by atoms with Crippen LogP contribution in [0.3, 0.4) is 0 Å². The highest BCUT2D eigenvalue weighted by Gasteiger charge is 2.44. The van der Waals surface area contributed by atoms with Gasteiger partial charge in [-0.2, -0.15) is 0 Å². The lowest BCUT2D eigenvalue weighted by Crippen LogP contribution is -2.50. The van der Waals surface area contributed by atoms with E-state index in [-0.39, 0.29) is 22.8 Å². The van der Waals surface area contributed by atoms with Crippen molar-refractivity contribution in [2.75, 3.05) is 71.7 Å². The zero-order chi connectivity index (χ0) is 47.4. The second-order valence-electron chi connectivity index (χ2n) is 17.9. The average molecular weight is 939 g/mol. The predicted molar refractivity (Wildman–Crippen MR) is 269 cm³/mol. The molecule has 68 heavy (non-hydrogen) atoms. The van der Waals surface area contributed by atoms with Gasteiger partial charge < -0.3 is 38.6 Å². The molecule has 2 aliphatic heterocycles. The number of hydrogen-bond donors (Lipinski definition) is 1. The maximum Gasteiger partial charge on any atom is 0.209 e. The van der Waals surface area contributed by atoms with Crippen molar-refractivity contribution in [3.63, 3.8) is 0 Å². The Morgan fingerprint density at radius 3 is 2.03 bits per heavy atom. The summed E-state index contributed by atoms with van der Waals surface area (Å²) in [6.45, 7) is 8.48. The number of sulfone groups is 1. The summed E-state index contributed by atoms with van der Waals surface area (Å²) in [7, 11) is -0.688. The van der Waals surface area contributed by atoms with Gasteiger partial charge in [0.15, 0.2) is 5.44 Å². The molecule has 2 heterocycles. The van der Waals surface area contributed by atoms with Gasteiger partial charge in [-0.05, 0) is 97.3 Å². The van der Waals surface area contributed by atoms with Gasteiger partial charge in [0.1, 0.15) is 23.7 Å². The molecular weight excluding hydrogens is 873 g/mol. The first-order valence-electron chi connectivity index (χ1n) is 23.9. The van der Waals surface area contributed by atoms with Crippen LogP contribution < -0.4 is 19.7 Å². The number of nitrogens with zero attached hydrogens (tertiary/aromatic N) is 1. The molecule has 1 saturated heterocycles. The molecule has 2 aliphatic rings. The fourth-order valence-electron chi connectivity index (χ4n) is 9.63. The molecule has 0 radical (unpaired) electrons. The van der Waals surface area contributed by atoms with Gasteiger partial charge >= 0.3 is 0 Å². The van der Waals surface area contributed by atoms with Gasteiger partial charge in [-0.25, -0.2) is 8.42 Å². The first kappa shape index (κ1) is 48.9. The molecule has 1 unspecified atom stereocenters. The van der Waals surface area contributed by atoms with Crippen LogP contribution in [0, 0.1) is 12.8 Å². The fourth-order valence-corrected chi connectivity index (χ4v) is 11.2. The van der Waals surface area contributed by atoms with Crippen molar-refractivity contribution in [1.82, 2.24) is 5.32 Å². The standard InChI is InChI=1S/C57H66N2O8S/c1-42-23-30-51(31-24-42)68(60,61)56(45-27-32-53-52(38-45)59(34-37-65-53)33-15-35-62-3)67-54-40-58-39-46(55(54)44-25-28-50(29-26-44)64-36-14-16-43(2)63-4)41-66-57(47-17-8-5-9-18-47,48-19-10-6-11-20-48)49-21-12-7-13-22-49/h5-13,17-32,38,43,46,54-56,58H,14-16,33-37,39-41H2,1-4H3/t43-,46+,54+,55+,56?/m1/s1. The third-order valence-electron chi connectivity index (χ3n) is 13.3. The number of methoxy groups -OCH3 is 2. The molecule has 1 N–H and O–H groups in total. The minimum Gasteiger partial charge on any atom is -0.494 e. The van der Waals surface area contributed by atoms with Gasteiger partial charge in [0.05, 0.1) is 42.5 Å². The van der Waals surface area contributed by atoms with E-state index in [0.717, 1.165) is 65.1 Å². The second-order valence-corrected chi connectivity index (χ2v) is 19.9. The van der Waals surface area contributed by atoms with Crippen molar-refractivity contribution in [3.8, 4) is 11.5 Å². The van der Waals surface area contributed by atoms with Gasteiger partial charge in [0, 0.05) is 52.3 Å².